The average molecular weight is 498 g/mol. The highest BCUT2D eigenvalue weighted by molar-refractivity contribution is 14.1. The first-order valence-corrected chi connectivity index (χ1v) is 9.37. The molecule has 0 saturated carbocycles. The smallest absolute Gasteiger partial charge is 0.347 e. The van der Waals surface area contributed by atoms with Gasteiger partial charge in [-0.3, -0.25) is 4.57 Å². The Morgan fingerprint density at radius 3 is 2.81 bits per heavy atom. The summed E-state index contributed by atoms with van der Waals surface area (Å²) in [4.78, 5) is 21.4. The van der Waals surface area contributed by atoms with Crippen molar-refractivity contribution in [2.75, 3.05) is 0 Å². The van der Waals surface area contributed by atoms with Crippen LogP contribution >= 0.6 is 45.8 Å². The predicted molar refractivity (Wildman–Crippen MR) is 110 cm³/mol. The second-order valence-corrected chi connectivity index (χ2v) is 7.74. The Hall–Kier alpha value is -1.90. The van der Waals surface area contributed by atoms with Gasteiger partial charge in [0.25, 0.3) is 0 Å². The van der Waals surface area contributed by atoms with Gasteiger partial charge in [-0.05, 0) is 65.4 Å². The van der Waals surface area contributed by atoms with Gasteiger partial charge in [-0.1, -0.05) is 23.2 Å². The van der Waals surface area contributed by atoms with Gasteiger partial charge in [0.1, 0.15) is 5.69 Å². The topological polar surface area (TPSA) is 60.9 Å². The molecule has 0 aliphatic rings. The molecule has 3 heterocycles. The van der Waals surface area contributed by atoms with Crippen molar-refractivity contribution >= 4 is 56.7 Å². The Kier molecular flexibility index (Phi) is 4.50. The minimum absolute atomic E-state index is 0.192. The molecule has 0 atom stereocenters. The molecule has 0 radical (unpaired) electrons. The van der Waals surface area contributed by atoms with Crippen molar-refractivity contribution in [3.05, 3.63) is 72.3 Å². The molecule has 0 fully saturated rings. The lowest BCUT2D eigenvalue weighted by atomic mass is 10.1. The summed E-state index contributed by atoms with van der Waals surface area (Å²) in [6.07, 6.45) is 3.50. The summed E-state index contributed by atoms with van der Waals surface area (Å²) in [6, 6.07) is 8.68. The maximum absolute atomic E-state index is 12.5. The molecule has 0 spiro atoms. The predicted octanol–water partition coefficient (Wildman–Crippen LogP) is 5.26. The van der Waals surface area contributed by atoms with Crippen LogP contribution in [0.15, 0.2) is 51.9 Å². The highest BCUT2D eigenvalue weighted by Gasteiger charge is 2.18. The maximum atomic E-state index is 12.5. The van der Waals surface area contributed by atoms with Gasteiger partial charge < -0.3 is 4.42 Å². The third kappa shape index (κ3) is 3.02. The fourth-order valence-corrected chi connectivity index (χ4v) is 3.80. The van der Waals surface area contributed by atoms with Crippen molar-refractivity contribution in [3.8, 4) is 17.4 Å². The van der Waals surface area contributed by atoms with Gasteiger partial charge in [0.15, 0.2) is 5.82 Å². The monoisotopic (exact) mass is 497 g/mol. The fraction of sp³-hybridized carbons (Fsp3) is 0.0556. The zero-order chi connectivity index (χ0) is 18.4. The van der Waals surface area contributed by atoms with Crippen LogP contribution in [0.25, 0.3) is 28.3 Å². The first-order valence-electron chi connectivity index (χ1n) is 7.54. The van der Waals surface area contributed by atoms with E-state index in [0.717, 1.165) is 9.13 Å². The SMILES string of the molecule is Cc1cc(Cl)cc2c(=O)oc(-c3cc(I)cn3-c3ncccc3Cl)nc12. The summed E-state index contributed by atoms with van der Waals surface area (Å²) in [5.41, 5.74) is 1.44. The van der Waals surface area contributed by atoms with Crippen molar-refractivity contribution in [2.24, 2.45) is 0 Å². The molecule has 1 aromatic carbocycles. The number of hydrogen-bond donors (Lipinski definition) is 0. The van der Waals surface area contributed by atoms with E-state index >= 15 is 0 Å². The molecule has 0 amide bonds. The van der Waals surface area contributed by atoms with Crippen LogP contribution in [-0.2, 0) is 0 Å². The third-order valence-electron chi connectivity index (χ3n) is 3.86. The summed E-state index contributed by atoms with van der Waals surface area (Å²) in [5.74, 6) is 0.724. The van der Waals surface area contributed by atoms with Gasteiger partial charge in [-0.2, -0.15) is 0 Å². The number of rotatable bonds is 2. The Bertz CT molecular complexity index is 1220. The van der Waals surface area contributed by atoms with E-state index in [-0.39, 0.29) is 5.89 Å². The number of halogens is 3. The Morgan fingerprint density at radius 2 is 2.04 bits per heavy atom. The number of nitrogens with zero attached hydrogens (tertiary/aromatic N) is 3. The molecule has 130 valence electrons. The van der Waals surface area contributed by atoms with E-state index in [1.54, 1.807) is 35.0 Å². The molecule has 8 heteroatoms. The Balaban J connectivity index is 2.01. The van der Waals surface area contributed by atoms with Crippen LogP contribution in [0.3, 0.4) is 0 Å². The zero-order valence-electron chi connectivity index (χ0n) is 13.3. The van der Waals surface area contributed by atoms with Crippen LogP contribution in [0.4, 0.5) is 0 Å². The molecule has 3 aromatic heterocycles. The maximum Gasteiger partial charge on any atom is 0.347 e. The number of pyridine rings is 1. The fourth-order valence-electron chi connectivity index (χ4n) is 2.74. The Morgan fingerprint density at radius 1 is 1.23 bits per heavy atom. The van der Waals surface area contributed by atoms with Crippen molar-refractivity contribution < 1.29 is 4.42 Å². The van der Waals surface area contributed by atoms with Crippen LogP contribution in [0.5, 0.6) is 0 Å². The minimum Gasteiger partial charge on any atom is -0.401 e. The molecule has 4 aromatic rings. The summed E-state index contributed by atoms with van der Waals surface area (Å²) in [7, 11) is 0. The highest BCUT2D eigenvalue weighted by Crippen LogP contribution is 2.29. The van der Waals surface area contributed by atoms with Crippen LogP contribution in [0, 0.1) is 10.5 Å². The number of fused-ring (bicyclic) bond motifs is 1. The summed E-state index contributed by atoms with van der Waals surface area (Å²) in [6.45, 7) is 1.85. The molecule has 4 rings (SSSR count). The first kappa shape index (κ1) is 17.5. The molecule has 0 N–H and O–H groups in total. The normalized spacial score (nSPS) is 11.2. The van der Waals surface area contributed by atoms with Crippen molar-refractivity contribution in [1.82, 2.24) is 14.5 Å². The molecular formula is C18H10Cl2IN3O2. The lowest BCUT2D eigenvalue weighted by molar-refractivity contribution is 0.514. The molecule has 0 saturated heterocycles. The molecule has 0 aliphatic heterocycles. The summed E-state index contributed by atoms with van der Waals surface area (Å²) >= 11 is 14.5. The van der Waals surface area contributed by atoms with Crippen LogP contribution in [0.1, 0.15) is 5.56 Å². The second-order valence-electron chi connectivity index (χ2n) is 5.65. The van der Waals surface area contributed by atoms with Gasteiger partial charge in [0, 0.05) is 21.0 Å². The molecule has 0 unspecified atom stereocenters. The molecule has 0 bridgehead atoms. The summed E-state index contributed by atoms with van der Waals surface area (Å²) < 4.78 is 8.17. The quantitative estimate of drug-likeness (QED) is 0.354. The van der Waals surface area contributed by atoms with E-state index in [2.05, 4.69) is 32.6 Å². The van der Waals surface area contributed by atoms with E-state index < -0.39 is 5.63 Å². The van der Waals surface area contributed by atoms with Gasteiger partial charge in [-0.15, -0.1) is 0 Å². The zero-order valence-corrected chi connectivity index (χ0v) is 17.0. The van der Waals surface area contributed by atoms with Gasteiger partial charge in [-0.25, -0.2) is 14.8 Å². The molecular weight excluding hydrogens is 488 g/mol. The average Bonchev–Trinajstić information content (AvgIpc) is 2.97. The van der Waals surface area contributed by atoms with Crippen LogP contribution in [-0.4, -0.2) is 14.5 Å². The lowest BCUT2D eigenvalue weighted by Gasteiger charge is -2.09. The van der Waals surface area contributed by atoms with E-state index in [1.807, 2.05) is 19.2 Å². The first-order chi connectivity index (χ1) is 12.4. The van der Waals surface area contributed by atoms with Gasteiger partial charge in [0.2, 0.25) is 5.89 Å². The largest absolute Gasteiger partial charge is 0.401 e. The molecule has 5 nitrogen and oxygen atoms in total. The minimum atomic E-state index is -0.495. The third-order valence-corrected chi connectivity index (χ3v) is 4.96. The number of aromatic nitrogens is 3. The van der Waals surface area contributed by atoms with Crippen molar-refractivity contribution in [2.45, 2.75) is 6.92 Å². The van der Waals surface area contributed by atoms with E-state index in [0.29, 0.717) is 32.5 Å². The van der Waals surface area contributed by atoms with Crippen LogP contribution in [0.2, 0.25) is 10.0 Å². The van der Waals surface area contributed by atoms with Gasteiger partial charge >= 0.3 is 5.63 Å². The van der Waals surface area contributed by atoms with E-state index in [4.69, 9.17) is 27.6 Å². The van der Waals surface area contributed by atoms with E-state index in [1.165, 1.54) is 0 Å². The Labute approximate surface area is 171 Å². The van der Waals surface area contributed by atoms with Crippen molar-refractivity contribution in [3.63, 3.8) is 0 Å². The standard InChI is InChI=1S/C18H10Cl2IN3O2/c1-9-5-10(19)6-12-15(9)23-17(26-18(12)25)14-7-11(21)8-24(14)16-13(20)3-2-4-22-16/h2-8H,1H3. The second kappa shape index (κ2) is 6.68. The number of benzene rings is 1. The van der Waals surface area contributed by atoms with Crippen molar-refractivity contribution in [1.29, 1.82) is 0 Å². The van der Waals surface area contributed by atoms with Gasteiger partial charge in [0.05, 0.1) is 15.9 Å². The van der Waals surface area contributed by atoms with Crippen LogP contribution < -0.4 is 5.63 Å². The highest BCUT2D eigenvalue weighted by atomic mass is 127. The summed E-state index contributed by atoms with van der Waals surface area (Å²) in [5, 5.41) is 1.30. The lowest BCUT2D eigenvalue weighted by Crippen LogP contribution is -2.06. The number of aryl methyl sites for hydroxylation is 1. The molecule has 26 heavy (non-hydrogen) atoms. The molecule has 0 aliphatic carbocycles. The van der Waals surface area contributed by atoms with E-state index in [9.17, 15) is 4.79 Å². The number of hydrogen-bond acceptors (Lipinski definition) is 4.